The summed E-state index contributed by atoms with van der Waals surface area (Å²) in [5, 5.41) is 28.8. The first kappa shape index (κ1) is 50.3. The molecule has 5 rings (SSSR count). The predicted octanol–water partition coefficient (Wildman–Crippen LogP) is 4.20. The zero-order valence-corrected chi connectivity index (χ0v) is 39.1. The Morgan fingerprint density at radius 2 is 1.48 bits per heavy atom. The number of fused-ring (bicyclic) bond motifs is 8. The van der Waals surface area contributed by atoms with Gasteiger partial charge in [0, 0.05) is 96.7 Å². The van der Waals surface area contributed by atoms with E-state index in [1.165, 1.54) is 14.0 Å². The Morgan fingerprint density at radius 3 is 2.13 bits per heavy atom. The summed E-state index contributed by atoms with van der Waals surface area (Å²) in [5.74, 6) is -2.07. The number of carbonyl (C=O) groups is 4. The van der Waals surface area contributed by atoms with Crippen molar-refractivity contribution in [3.05, 3.63) is 68.8 Å². The zero-order chi connectivity index (χ0) is 44.5. The van der Waals surface area contributed by atoms with Crippen LogP contribution in [-0.4, -0.2) is 114 Å². The van der Waals surface area contributed by atoms with Gasteiger partial charge in [0.2, 0.25) is 11.8 Å². The second-order valence-electron chi connectivity index (χ2n) is 16.2. The second-order valence-corrected chi connectivity index (χ2v) is 16.2. The summed E-state index contributed by atoms with van der Waals surface area (Å²) in [5.41, 5.74) is 6.78. The van der Waals surface area contributed by atoms with Crippen LogP contribution >= 0.6 is 0 Å². The molecule has 3 aromatic heterocycles. The molecule has 5 atom stereocenters. The van der Waals surface area contributed by atoms with Crippen molar-refractivity contribution in [1.82, 2.24) is 40.8 Å². The van der Waals surface area contributed by atoms with Crippen molar-refractivity contribution in [2.24, 2.45) is 0 Å². The molecule has 15 nitrogen and oxygen atoms in total. The van der Waals surface area contributed by atoms with Crippen LogP contribution in [0, 0.1) is 13.8 Å². The summed E-state index contributed by atoms with van der Waals surface area (Å²) in [6.07, 6.45) is -0.178. The van der Waals surface area contributed by atoms with Crippen molar-refractivity contribution in [3.63, 3.8) is 0 Å². The molecule has 2 aliphatic rings. The number of aliphatic hydroxyl groups excluding tert-OH is 2. The van der Waals surface area contributed by atoms with Gasteiger partial charge in [-0.1, -0.05) is 63.9 Å². The molecule has 2 aliphatic heterocycles. The molecule has 0 saturated heterocycles. The average Bonchev–Trinajstić information content (AvgIpc) is 3.93. The number of nitrogens with zero attached hydrogens (tertiary/aromatic N) is 5. The monoisotopic (exact) mass is 946 g/mol. The summed E-state index contributed by atoms with van der Waals surface area (Å²) in [4.78, 5) is 76.8. The van der Waals surface area contributed by atoms with Gasteiger partial charge in [-0.15, -0.1) is 22.1 Å². The van der Waals surface area contributed by atoms with Crippen LogP contribution < -0.4 is 25.9 Å². The van der Waals surface area contributed by atoms with Crippen LogP contribution in [0.15, 0.2) is 18.2 Å². The summed E-state index contributed by atoms with van der Waals surface area (Å²) >= 11 is 0. The number of ether oxygens (including phenoxy) is 1. The average molecular weight is 947 g/mol. The fourth-order valence-electron chi connectivity index (χ4n) is 8.62. The molecule has 3 aromatic rings. The molecule has 62 heavy (non-hydrogen) atoms. The number of aliphatic hydroxyl groups is 2. The number of hydrogen-bond acceptors (Lipinski definition) is 11. The molecule has 0 aliphatic carbocycles. The van der Waals surface area contributed by atoms with Crippen molar-refractivity contribution in [2.75, 3.05) is 59.5 Å². The van der Waals surface area contributed by atoms with E-state index in [1.54, 1.807) is 6.92 Å². The first-order valence-electron chi connectivity index (χ1n) is 21.7. The number of nitrogens with one attached hydrogen (secondary N) is 3. The molecular formula is C46H64N8O7Pd. The van der Waals surface area contributed by atoms with Gasteiger partial charge < -0.3 is 45.8 Å². The van der Waals surface area contributed by atoms with Crippen LogP contribution in [-0.2, 0) is 41.2 Å². The van der Waals surface area contributed by atoms with Crippen LogP contribution in [0.25, 0.3) is 22.1 Å². The van der Waals surface area contributed by atoms with Gasteiger partial charge in [0.15, 0.2) is 5.78 Å². The largest absolute Gasteiger partial charge is 2.00 e. The molecule has 8 bridgehead atoms. The number of Topliss-reactive ketones (excluding diaryl/α,β-unsaturated/α-hetero) is 1. The maximum Gasteiger partial charge on any atom is 2.00 e. The van der Waals surface area contributed by atoms with E-state index in [0.717, 1.165) is 44.0 Å². The maximum absolute atomic E-state index is 14.2. The number of aromatic nitrogens is 4. The molecular weight excluding hydrogens is 883 g/mol. The first-order chi connectivity index (χ1) is 29.2. The summed E-state index contributed by atoms with van der Waals surface area (Å²) in [6, 6.07) is 5.64. The van der Waals surface area contributed by atoms with E-state index in [9.17, 15) is 29.4 Å². The van der Waals surface area contributed by atoms with Gasteiger partial charge >= 0.3 is 26.4 Å². The number of amides is 2. The number of esters is 1. The van der Waals surface area contributed by atoms with Gasteiger partial charge in [-0.3, -0.25) is 29.1 Å². The Morgan fingerprint density at radius 1 is 0.855 bits per heavy atom. The molecule has 0 spiro atoms. The van der Waals surface area contributed by atoms with Gasteiger partial charge in [0.1, 0.15) is 0 Å². The first-order valence-corrected chi connectivity index (χ1v) is 21.7. The Kier molecular flexibility index (Phi) is 18.6. The minimum atomic E-state index is -1.19. The second kappa shape index (κ2) is 22.9. The van der Waals surface area contributed by atoms with E-state index in [2.05, 4.69) is 48.5 Å². The van der Waals surface area contributed by atoms with Crippen molar-refractivity contribution >= 4 is 45.6 Å². The van der Waals surface area contributed by atoms with Crippen LogP contribution in [0.4, 0.5) is 0 Å². The maximum atomic E-state index is 14.2. The molecule has 0 saturated carbocycles. The number of rotatable bonds is 19. The Bertz CT molecular complexity index is 2250. The summed E-state index contributed by atoms with van der Waals surface area (Å²) in [6.45, 7) is 19.7. The fourth-order valence-corrected chi connectivity index (χ4v) is 8.62. The van der Waals surface area contributed by atoms with E-state index in [4.69, 9.17) is 24.7 Å². The minimum absolute atomic E-state index is 0. The zero-order valence-electron chi connectivity index (χ0n) is 37.6. The number of likely N-dealkylation sites (N-methyl/N-ethyl adjacent to an activating group) is 1. The smallest absolute Gasteiger partial charge is 0.657 e. The molecule has 0 fully saturated rings. The molecule has 5 heterocycles. The minimum Gasteiger partial charge on any atom is -0.657 e. The molecule has 2 amide bonds. The van der Waals surface area contributed by atoms with Crippen LogP contribution in [0.5, 0.6) is 0 Å². The molecule has 340 valence electrons. The van der Waals surface area contributed by atoms with Gasteiger partial charge in [-0.05, 0) is 52.3 Å². The van der Waals surface area contributed by atoms with Crippen LogP contribution in [0.1, 0.15) is 145 Å². The molecule has 1 unspecified atom stereocenters. The number of aryl methyl sites for hydroxylation is 2. The van der Waals surface area contributed by atoms with E-state index < -0.39 is 30.5 Å². The third kappa shape index (κ3) is 11.4. The van der Waals surface area contributed by atoms with E-state index >= 15 is 0 Å². The Hall–Kier alpha value is -4.30. The van der Waals surface area contributed by atoms with E-state index in [0.29, 0.717) is 69.7 Å². The molecule has 0 aromatic carbocycles. The Labute approximate surface area is 378 Å². The predicted molar refractivity (Wildman–Crippen MR) is 235 cm³/mol. The van der Waals surface area contributed by atoms with Gasteiger partial charge in [-0.2, -0.15) is 0 Å². The van der Waals surface area contributed by atoms with Gasteiger partial charge in [-0.25, -0.2) is 0 Å². The Balaban J connectivity index is 0.00000845. The van der Waals surface area contributed by atoms with E-state index in [1.807, 2.05) is 32.0 Å². The molecule has 5 N–H and O–H groups in total. The molecule has 0 radical (unpaired) electrons. The van der Waals surface area contributed by atoms with Crippen LogP contribution in [0.2, 0.25) is 0 Å². The topological polar surface area (TPSA) is 211 Å². The third-order valence-corrected chi connectivity index (χ3v) is 12.4. The standard InChI is InChI=1S/C46H66N8O7.Pd/c1-10-31-25(4)34-22-39-42(29(8)56)27(6)36(51-39)20-35-26(5)32(13-14-40(58)48-16-15-47-17-18-54(11-2)12-3)44(52-35)33(19-41(59)61-9)45-43(46(60)49-23-30(57)24-55)28(7)37(53-45)21-38(31)50-34;/h20-22,25-26,30-32,47,55,57H,10-19,23-24H2,1-9H3,(H4,48,49,50,51,52,53,56,58,60);/q;+2/p-2/t25-,26+,30?,31-,32+;/m1./s1. The number of ketones is 1. The number of methoxy groups -OCH3 is 1. The van der Waals surface area contributed by atoms with Crippen molar-refractivity contribution in [1.29, 1.82) is 0 Å². The van der Waals surface area contributed by atoms with Crippen molar-refractivity contribution < 1.29 is 54.6 Å². The quantitative estimate of drug-likeness (QED) is 0.0495. The summed E-state index contributed by atoms with van der Waals surface area (Å²) < 4.78 is 5.21. The number of hydrogen-bond donors (Lipinski definition) is 5. The van der Waals surface area contributed by atoms with Crippen molar-refractivity contribution in [3.8, 4) is 0 Å². The van der Waals surface area contributed by atoms with Crippen molar-refractivity contribution in [2.45, 2.75) is 111 Å². The molecule has 16 heteroatoms. The third-order valence-electron chi connectivity index (χ3n) is 12.4. The number of carbonyl (C=O) groups excluding carboxylic acids is 4. The summed E-state index contributed by atoms with van der Waals surface area (Å²) in [7, 11) is 1.29. The normalized spacial score (nSPS) is 17.7. The van der Waals surface area contributed by atoms with Gasteiger partial charge in [0.05, 0.1) is 26.2 Å². The van der Waals surface area contributed by atoms with Gasteiger partial charge in [0.25, 0.3) is 0 Å². The van der Waals surface area contributed by atoms with E-state index in [-0.39, 0.29) is 80.3 Å². The van der Waals surface area contributed by atoms with Crippen LogP contribution in [0.3, 0.4) is 0 Å². The fraction of sp³-hybridized carbons (Fsp3) is 0.565. The SMILES string of the molecule is CC[C@H]1c2cc3[n-]c(c(CC(=O)OC)c4nc(cc5[n-]c(cc(n2)[C@@H]1C)c(C(C)=O)c5C)[C@@H](C)[C@@H]4CCC(=O)NCCNCCN(CC)CC)c(C(=O)NCC(O)CO)c3C.[Pd+2].